The maximum atomic E-state index is 2.54. The minimum Gasteiger partial charge on any atom is -0.344 e. The molecule has 0 atom stereocenters. The molecule has 0 spiro atoms. The smallest absolute Gasteiger partial charge is 0.0110 e. The average molecular weight is 257 g/mol. The fraction of sp³-hybridized carbons (Fsp3) is 1.00. The Morgan fingerprint density at radius 3 is 0.900 bits per heavy atom. The van der Waals surface area contributed by atoms with Crippen LogP contribution in [0.15, 0.2) is 0 Å². The Morgan fingerprint density at radius 2 is 0.800 bits per heavy atom. The molecule has 0 aromatic carbocycles. The van der Waals surface area contributed by atoms with E-state index in [1.165, 1.54) is 39.3 Å². The number of halogens is 1. The SMILES string of the molecule is C1CN2CCN1CC2.I.N. The molecule has 3 saturated heterocycles. The van der Waals surface area contributed by atoms with E-state index in [4.69, 9.17) is 0 Å². The topological polar surface area (TPSA) is 41.5 Å². The lowest BCUT2D eigenvalue weighted by molar-refractivity contribution is 0.0647. The fourth-order valence-electron chi connectivity index (χ4n) is 1.52. The number of hydrogen-bond donors (Lipinski definition) is 1. The van der Waals surface area contributed by atoms with E-state index in [0.717, 1.165) is 0 Å². The van der Waals surface area contributed by atoms with Gasteiger partial charge in [0.25, 0.3) is 0 Å². The van der Waals surface area contributed by atoms with Crippen molar-refractivity contribution in [3.63, 3.8) is 0 Å². The summed E-state index contributed by atoms with van der Waals surface area (Å²) in [5.41, 5.74) is 0. The van der Waals surface area contributed by atoms with Crippen LogP contribution in [-0.2, 0) is 0 Å². The highest BCUT2D eigenvalue weighted by Crippen LogP contribution is 2.06. The number of piperazine rings is 3. The van der Waals surface area contributed by atoms with E-state index in [2.05, 4.69) is 9.80 Å². The van der Waals surface area contributed by atoms with Gasteiger partial charge in [-0.15, -0.1) is 24.0 Å². The summed E-state index contributed by atoms with van der Waals surface area (Å²) in [6.45, 7) is 7.92. The van der Waals surface area contributed by atoms with Crippen LogP contribution < -0.4 is 6.15 Å². The molecule has 2 bridgehead atoms. The molecule has 0 radical (unpaired) electrons. The van der Waals surface area contributed by atoms with Crippen LogP contribution in [0.3, 0.4) is 0 Å². The molecule has 3 aliphatic heterocycles. The van der Waals surface area contributed by atoms with Gasteiger partial charge in [0, 0.05) is 39.3 Å². The summed E-state index contributed by atoms with van der Waals surface area (Å²) < 4.78 is 0. The molecule has 0 aromatic heterocycles. The Labute approximate surface area is 79.4 Å². The molecule has 10 heavy (non-hydrogen) atoms. The monoisotopic (exact) mass is 257 g/mol. The van der Waals surface area contributed by atoms with E-state index >= 15 is 0 Å². The number of nitrogens with zero attached hydrogens (tertiary/aromatic N) is 2. The van der Waals surface area contributed by atoms with Crippen LogP contribution >= 0.6 is 24.0 Å². The molecular formula is C6H16IN3. The molecule has 62 valence electrons. The number of hydrogen-bond acceptors (Lipinski definition) is 3. The van der Waals surface area contributed by atoms with E-state index in [1.54, 1.807) is 0 Å². The largest absolute Gasteiger partial charge is 0.344 e. The number of fused-ring (bicyclic) bond motifs is 3. The Morgan fingerprint density at radius 1 is 0.600 bits per heavy atom. The molecule has 3 N–H and O–H groups in total. The third kappa shape index (κ3) is 2.05. The Kier molecular flexibility index (Phi) is 4.75. The molecule has 3 heterocycles. The van der Waals surface area contributed by atoms with Crippen molar-refractivity contribution in [2.45, 2.75) is 0 Å². The molecule has 3 nitrogen and oxygen atoms in total. The van der Waals surface area contributed by atoms with Crippen molar-refractivity contribution in [2.24, 2.45) is 0 Å². The minimum atomic E-state index is 0. The highest BCUT2D eigenvalue weighted by Gasteiger charge is 2.21. The van der Waals surface area contributed by atoms with Crippen molar-refractivity contribution in [3.05, 3.63) is 0 Å². The molecule has 4 heteroatoms. The zero-order valence-electron chi connectivity index (χ0n) is 6.25. The standard InChI is InChI=1S/C6H12N2.HI.H3N/c1-2-8-5-3-7(1)4-6-8;;/h1-6H2;1H;1H3. The lowest BCUT2D eigenvalue weighted by Gasteiger charge is -2.41. The quantitative estimate of drug-likeness (QED) is 0.638. The lowest BCUT2D eigenvalue weighted by atomic mass is 10.2. The van der Waals surface area contributed by atoms with Gasteiger partial charge in [-0.05, 0) is 0 Å². The minimum absolute atomic E-state index is 0. The van der Waals surface area contributed by atoms with E-state index in [-0.39, 0.29) is 30.1 Å². The first-order chi connectivity index (χ1) is 3.95. The normalized spacial score (nSPS) is 36.0. The summed E-state index contributed by atoms with van der Waals surface area (Å²) in [4.78, 5) is 5.08. The van der Waals surface area contributed by atoms with Gasteiger partial charge in [0.1, 0.15) is 0 Å². The summed E-state index contributed by atoms with van der Waals surface area (Å²) in [7, 11) is 0. The van der Waals surface area contributed by atoms with Gasteiger partial charge in [-0.25, -0.2) is 0 Å². The fourth-order valence-corrected chi connectivity index (χ4v) is 1.52. The van der Waals surface area contributed by atoms with E-state index in [9.17, 15) is 0 Å². The average Bonchev–Trinajstić information content (AvgIpc) is 1.92. The van der Waals surface area contributed by atoms with Gasteiger partial charge in [0.2, 0.25) is 0 Å². The van der Waals surface area contributed by atoms with Gasteiger partial charge >= 0.3 is 0 Å². The lowest BCUT2D eigenvalue weighted by Crippen LogP contribution is -2.55. The van der Waals surface area contributed by atoms with Gasteiger partial charge in [0.15, 0.2) is 0 Å². The molecule has 0 aromatic rings. The van der Waals surface area contributed by atoms with Gasteiger partial charge in [0.05, 0.1) is 0 Å². The zero-order valence-corrected chi connectivity index (χ0v) is 8.58. The Hall–Kier alpha value is 0.610. The summed E-state index contributed by atoms with van der Waals surface area (Å²) in [6.07, 6.45) is 0. The van der Waals surface area contributed by atoms with Gasteiger partial charge < -0.3 is 6.15 Å². The molecular weight excluding hydrogens is 241 g/mol. The first-order valence-corrected chi connectivity index (χ1v) is 3.40. The van der Waals surface area contributed by atoms with Crippen molar-refractivity contribution in [2.75, 3.05) is 39.3 Å². The first kappa shape index (κ1) is 10.6. The molecule has 3 aliphatic rings. The van der Waals surface area contributed by atoms with Crippen molar-refractivity contribution in [1.29, 1.82) is 0 Å². The second kappa shape index (κ2) is 4.48. The van der Waals surface area contributed by atoms with Gasteiger partial charge in [-0.1, -0.05) is 0 Å². The molecule has 3 fully saturated rings. The highest BCUT2D eigenvalue weighted by atomic mass is 127. The number of rotatable bonds is 0. The van der Waals surface area contributed by atoms with E-state index < -0.39 is 0 Å². The van der Waals surface area contributed by atoms with Crippen LogP contribution in [0, 0.1) is 0 Å². The summed E-state index contributed by atoms with van der Waals surface area (Å²) in [5, 5.41) is 0. The van der Waals surface area contributed by atoms with Crippen LogP contribution in [0.4, 0.5) is 0 Å². The molecule has 0 unspecified atom stereocenters. The van der Waals surface area contributed by atoms with E-state index in [1.807, 2.05) is 0 Å². The first-order valence-electron chi connectivity index (χ1n) is 3.40. The summed E-state index contributed by atoms with van der Waals surface area (Å²) in [5.74, 6) is 0. The predicted molar refractivity (Wildman–Crippen MR) is 53.3 cm³/mol. The van der Waals surface area contributed by atoms with Crippen LogP contribution in [0.25, 0.3) is 0 Å². The van der Waals surface area contributed by atoms with Crippen LogP contribution in [0.2, 0.25) is 0 Å². The zero-order chi connectivity index (χ0) is 5.40. The van der Waals surface area contributed by atoms with Gasteiger partial charge in [-0.2, -0.15) is 0 Å². The Bertz CT molecular complexity index is 68.0. The molecule has 0 amide bonds. The second-order valence-corrected chi connectivity index (χ2v) is 2.68. The van der Waals surface area contributed by atoms with Crippen molar-refractivity contribution in [3.8, 4) is 0 Å². The summed E-state index contributed by atoms with van der Waals surface area (Å²) >= 11 is 0. The van der Waals surface area contributed by atoms with Gasteiger partial charge in [-0.3, -0.25) is 9.80 Å². The maximum Gasteiger partial charge on any atom is 0.0110 e. The predicted octanol–water partition coefficient (Wildman–Crippen LogP) is 0.398. The summed E-state index contributed by atoms with van der Waals surface area (Å²) in [6, 6.07) is 0. The highest BCUT2D eigenvalue weighted by molar-refractivity contribution is 14.0. The third-order valence-electron chi connectivity index (χ3n) is 2.20. The molecule has 3 rings (SSSR count). The van der Waals surface area contributed by atoms with Crippen LogP contribution in [0.1, 0.15) is 0 Å². The van der Waals surface area contributed by atoms with Crippen molar-refractivity contribution >= 4 is 24.0 Å². The second-order valence-electron chi connectivity index (χ2n) is 2.68. The van der Waals surface area contributed by atoms with Crippen molar-refractivity contribution in [1.82, 2.24) is 16.0 Å². The van der Waals surface area contributed by atoms with Crippen molar-refractivity contribution < 1.29 is 0 Å². The molecule has 0 aliphatic carbocycles. The van der Waals surface area contributed by atoms with E-state index in [0.29, 0.717) is 0 Å². The van der Waals surface area contributed by atoms with Crippen LogP contribution in [0.5, 0.6) is 0 Å². The van der Waals surface area contributed by atoms with Crippen LogP contribution in [-0.4, -0.2) is 49.1 Å². The maximum absolute atomic E-state index is 2.54. The Balaban J connectivity index is 0.000000405. The molecule has 0 saturated carbocycles. The third-order valence-corrected chi connectivity index (χ3v) is 2.20.